The third-order valence-electron chi connectivity index (χ3n) is 7.63. The highest BCUT2D eigenvalue weighted by molar-refractivity contribution is 6.02. The molecule has 31 heavy (non-hydrogen) atoms. The number of aromatic nitrogens is 2. The molecule has 4 nitrogen and oxygen atoms in total. The predicted molar refractivity (Wildman–Crippen MR) is 112 cm³/mol. The van der Waals surface area contributed by atoms with Crippen LogP contribution in [0.1, 0.15) is 74.4 Å². The molecule has 1 aliphatic heterocycles. The van der Waals surface area contributed by atoms with Crippen molar-refractivity contribution in [1.82, 2.24) is 10.2 Å². The van der Waals surface area contributed by atoms with Crippen LogP contribution in [0.4, 0.5) is 8.78 Å². The van der Waals surface area contributed by atoms with E-state index in [2.05, 4.69) is 24.0 Å². The van der Waals surface area contributed by atoms with Crippen molar-refractivity contribution < 1.29 is 18.3 Å². The van der Waals surface area contributed by atoms with Gasteiger partial charge in [-0.3, -0.25) is 9.89 Å². The van der Waals surface area contributed by atoms with Crippen LogP contribution in [0.15, 0.2) is 35.4 Å². The summed E-state index contributed by atoms with van der Waals surface area (Å²) in [4.78, 5) is 13.7. The van der Waals surface area contributed by atoms with Crippen LogP contribution in [0.5, 0.6) is 5.75 Å². The lowest BCUT2D eigenvalue weighted by atomic mass is 9.55. The van der Waals surface area contributed by atoms with E-state index in [1.54, 1.807) is 0 Å². The molecule has 0 bridgehead atoms. The van der Waals surface area contributed by atoms with Crippen LogP contribution in [0.3, 0.4) is 0 Å². The number of halogens is 2. The molecule has 1 aromatic carbocycles. The van der Waals surface area contributed by atoms with Gasteiger partial charge in [-0.15, -0.1) is 0 Å². The molecule has 0 amide bonds. The van der Waals surface area contributed by atoms with Gasteiger partial charge in [0.15, 0.2) is 5.78 Å². The average Bonchev–Trinajstić information content (AvgIpc) is 3.09. The highest BCUT2D eigenvalue weighted by atomic mass is 19.3. The van der Waals surface area contributed by atoms with Gasteiger partial charge in [-0.2, -0.15) is 5.10 Å². The maximum Gasteiger partial charge on any atom is 0.249 e. The minimum atomic E-state index is -2.62. The summed E-state index contributed by atoms with van der Waals surface area (Å²) >= 11 is 0. The van der Waals surface area contributed by atoms with E-state index in [1.165, 1.54) is 5.57 Å². The number of Topliss-reactive ketones (excluding diaryl/α,β-unsaturated/α-hetero) is 1. The summed E-state index contributed by atoms with van der Waals surface area (Å²) < 4.78 is 33.5. The molecule has 0 saturated heterocycles. The van der Waals surface area contributed by atoms with E-state index < -0.39 is 11.3 Å². The monoisotopic (exact) mass is 424 g/mol. The van der Waals surface area contributed by atoms with Crippen LogP contribution in [0.2, 0.25) is 0 Å². The molecule has 4 aliphatic rings. The maximum absolute atomic E-state index is 13.8. The van der Waals surface area contributed by atoms with Gasteiger partial charge in [0.25, 0.3) is 0 Å². The first kappa shape index (κ1) is 19.2. The fraction of sp³-hybridized carbons (Fsp3) is 0.520. The number of nitrogens with one attached hydrogen (secondary N) is 1. The number of rotatable bonds is 1. The predicted octanol–water partition coefficient (Wildman–Crippen LogP) is 5.23. The topological polar surface area (TPSA) is 55.0 Å². The largest absolute Gasteiger partial charge is 0.493 e. The molecule has 162 valence electrons. The zero-order valence-corrected chi connectivity index (χ0v) is 17.9. The highest BCUT2D eigenvalue weighted by Crippen LogP contribution is 2.60. The van der Waals surface area contributed by atoms with Gasteiger partial charge in [0.2, 0.25) is 5.92 Å². The van der Waals surface area contributed by atoms with Crippen LogP contribution in [-0.4, -0.2) is 28.5 Å². The van der Waals surface area contributed by atoms with Crippen molar-refractivity contribution in [3.8, 4) is 5.75 Å². The van der Waals surface area contributed by atoms with E-state index in [0.29, 0.717) is 25.9 Å². The number of carbonyl (C=O) groups is 1. The Morgan fingerprint density at radius 1 is 1.16 bits per heavy atom. The first-order valence-electron chi connectivity index (χ1n) is 11.1. The molecule has 1 aromatic heterocycles. The molecule has 2 aromatic rings. The fourth-order valence-corrected chi connectivity index (χ4v) is 6.54. The van der Waals surface area contributed by atoms with Crippen molar-refractivity contribution in [2.45, 2.75) is 69.6 Å². The molecule has 3 aliphatic carbocycles. The van der Waals surface area contributed by atoms with Crippen LogP contribution < -0.4 is 4.74 Å². The Balaban J connectivity index is 1.62. The average molecular weight is 424 g/mol. The lowest BCUT2D eigenvalue weighted by molar-refractivity contribution is -0.119. The first-order valence-corrected chi connectivity index (χ1v) is 11.1. The van der Waals surface area contributed by atoms with Gasteiger partial charge in [-0.05, 0) is 24.3 Å². The summed E-state index contributed by atoms with van der Waals surface area (Å²) in [5.74, 6) is -1.95. The van der Waals surface area contributed by atoms with Crippen molar-refractivity contribution in [1.29, 1.82) is 0 Å². The zero-order valence-electron chi connectivity index (χ0n) is 17.9. The molecule has 6 rings (SSSR count). The second kappa shape index (κ2) is 6.05. The summed E-state index contributed by atoms with van der Waals surface area (Å²) in [5, 5.41) is 7.79. The summed E-state index contributed by atoms with van der Waals surface area (Å²) in [5.41, 5.74) is 4.93. The number of hydrogen-bond acceptors (Lipinski definition) is 3. The van der Waals surface area contributed by atoms with Gasteiger partial charge in [0.1, 0.15) is 5.75 Å². The molecule has 1 fully saturated rings. The van der Waals surface area contributed by atoms with Crippen molar-refractivity contribution in [2.24, 2.45) is 5.41 Å². The van der Waals surface area contributed by atoms with E-state index in [1.807, 2.05) is 24.3 Å². The fourth-order valence-electron chi connectivity index (χ4n) is 6.54. The third kappa shape index (κ3) is 2.63. The summed E-state index contributed by atoms with van der Waals surface area (Å²) in [6, 6.07) is 7.89. The van der Waals surface area contributed by atoms with Gasteiger partial charge in [0, 0.05) is 54.0 Å². The summed E-state index contributed by atoms with van der Waals surface area (Å²) in [6.07, 6.45) is 2.27. The molecule has 1 spiro atoms. The Kier molecular flexibility index (Phi) is 3.75. The van der Waals surface area contributed by atoms with Crippen LogP contribution in [0.25, 0.3) is 0 Å². The number of aromatic amines is 1. The Labute approximate surface area is 180 Å². The number of fused-ring (bicyclic) bond motifs is 5. The summed E-state index contributed by atoms with van der Waals surface area (Å²) in [7, 11) is 0. The number of ketones is 1. The van der Waals surface area contributed by atoms with Crippen molar-refractivity contribution in [3.63, 3.8) is 0 Å². The standard InChI is InChI=1S/C25H26F2N2O2/c1-23(2)10-14-9-17-21(22(29-28-17)15-11-24(26,27)12-15)25(20(14)18(30)13-23)7-8-31-19-6-4-3-5-16(19)25/h3-6,15H,7-13H2,1-2H3,(H,28,29). The van der Waals surface area contributed by atoms with Crippen molar-refractivity contribution in [3.05, 3.63) is 57.9 Å². The number of hydrogen-bond donors (Lipinski definition) is 1. The minimum absolute atomic E-state index is 0.0851. The number of alkyl halides is 2. The Morgan fingerprint density at radius 3 is 2.71 bits per heavy atom. The molecular formula is C25H26F2N2O2. The van der Waals surface area contributed by atoms with Gasteiger partial charge in [-0.1, -0.05) is 37.6 Å². The van der Waals surface area contributed by atoms with Crippen LogP contribution >= 0.6 is 0 Å². The molecule has 1 unspecified atom stereocenters. The third-order valence-corrected chi connectivity index (χ3v) is 7.63. The van der Waals surface area contributed by atoms with Crippen molar-refractivity contribution in [2.75, 3.05) is 6.61 Å². The van der Waals surface area contributed by atoms with E-state index in [9.17, 15) is 13.6 Å². The van der Waals surface area contributed by atoms with E-state index in [-0.39, 0.29) is 30.0 Å². The number of ether oxygens (including phenoxy) is 1. The van der Waals surface area contributed by atoms with Crippen LogP contribution in [-0.2, 0) is 16.6 Å². The smallest absolute Gasteiger partial charge is 0.249 e. The maximum atomic E-state index is 13.8. The Bertz CT molecular complexity index is 1140. The minimum Gasteiger partial charge on any atom is -0.493 e. The SMILES string of the molecule is CC1(C)CC(=O)C2=C(Cc3[nH]nc(C4CC(F)(F)C4)c3C23CCOc2ccccc23)C1. The van der Waals surface area contributed by atoms with Gasteiger partial charge in [0.05, 0.1) is 17.7 Å². The number of H-pyrrole nitrogens is 1. The van der Waals surface area contributed by atoms with Crippen molar-refractivity contribution >= 4 is 5.78 Å². The molecule has 1 saturated carbocycles. The lowest BCUT2D eigenvalue weighted by Gasteiger charge is -2.48. The summed E-state index contributed by atoms with van der Waals surface area (Å²) in [6.45, 7) is 4.77. The first-order chi connectivity index (χ1) is 14.7. The van der Waals surface area contributed by atoms with Gasteiger partial charge in [-0.25, -0.2) is 8.78 Å². The van der Waals surface area contributed by atoms with Crippen LogP contribution in [0, 0.1) is 5.41 Å². The number of carbonyl (C=O) groups excluding carboxylic acids is 1. The van der Waals surface area contributed by atoms with E-state index in [4.69, 9.17) is 4.74 Å². The van der Waals surface area contributed by atoms with E-state index in [0.717, 1.165) is 40.3 Å². The molecule has 1 N–H and O–H groups in total. The molecular weight excluding hydrogens is 398 g/mol. The molecule has 2 heterocycles. The van der Waals surface area contributed by atoms with E-state index >= 15 is 0 Å². The molecule has 1 atom stereocenters. The number of nitrogens with zero attached hydrogens (tertiary/aromatic N) is 1. The highest BCUT2D eigenvalue weighted by Gasteiger charge is 2.56. The van der Waals surface area contributed by atoms with Gasteiger partial charge >= 0.3 is 0 Å². The Hall–Kier alpha value is -2.50. The second-order valence-electron chi connectivity index (χ2n) is 10.5. The quantitative estimate of drug-likeness (QED) is 0.682. The number of allylic oxidation sites excluding steroid dienone is 2. The number of para-hydroxylation sites is 1. The Morgan fingerprint density at radius 2 is 1.94 bits per heavy atom. The van der Waals surface area contributed by atoms with Gasteiger partial charge < -0.3 is 4.74 Å². The lowest BCUT2D eigenvalue weighted by Crippen LogP contribution is -2.46. The molecule has 6 heteroatoms. The number of benzene rings is 1. The normalized spacial score (nSPS) is 28.5. The zero-order chi connectivity index (χ0) is 21.6. The second-order valence-corrected chi connectivity index (χ2v) is 10.5. The molecule has 0 radical (unpaired) electrons.